The van der Waals surface area contributed by atoms with Crippen LogP contribution in [0.25, 0.3) is 10.4 Å². The molecule has 0 atom stereocenters. The Balaban J connectivity index is 2.43. The van der Waals surface area contributed by atoms with Gasteiger partial charge >= 0.3 is 0 Å². The molecular formula is C14H20IN5. The first-order chi connectivity index (χ1) is 9.56. The molecule has 5 nitrogen and oxygen atoms in total. The van der Waals surface area contributed by atoms with E-state index in [1.165, 1.54) is 14.7 Å². The van der Waals surface area contributed by atoms with Crippen LogP contribution in [0.3, 0.4) is 0 Å². The molecule has 0 aliphatic carbocycles. The van der Waals surface area contributed by atoms with Crippen LogP contribution in [0.2, 0.25) is 0 Å². The summed E-state index contributed by atoms with van der Waals surface area (Å²) in [5, 5.41) is 7.28. The van der Waals surface area contributed by atoms with Crippen LogP contribution < -0.4 is 5.32 Å². The van der Waals surface area contributed by atoms with Crippen LogP contribution in [0, 0.1) is 24.3 Å². The minimum atomic E-state index is 0.799. The lowest BCUT2D eigenvalue weighted by Gasteiger charge is -2.29. The maximum Gasteiger partial charge on any atom is 0.0447 e. The second-order valence-electron chi connectivity index (χ2n) is 5.23. The third-order valence-electron chi connectivity index (χ3n) is 4.01. The number of azide groups is 1. The minimum absolute atomic E-state index is 0.799. The van der Waals surface area contributed by atoms with Gasteiger partial charge in [-0.2, -0.15) is 0 Å². The van der Waals surface area contributed by atoms with Crippen molar-refractivity contribution in [3.63, 3.8) is 0 Å². The molecule has 108 valence electrons. The summed E-state index contributed by atoms with van der Waals surface area (Å²) in [4.78, 5) is 5.44. The van der Waals surface area contributed by atoms with Crippen molar-refractivity contribution in [2.75, 3.05) is 26.2 Å². The van der Waals surface area contributed by atoms with Gasteiger partial charge in [-0.15, -0.1) is 0 Å². The van der Waals surface area contributed by atoms with Gasteiger partial charge < -0.3 is 5.32 Å². The largest absolute Gasteiger partial charge is 0.314 e. The molecule has 20 heavy (non-hydrogen) atoms. The predicted molar refractivity (Wildman–Crippen MR) is 90.3 cm³/mol. The molecule has 1 aliphatic heterocycles. The molecule has 1 aromatic rings. The molecule has 0 unspecified atom stereocenters. The molecule has 0 radical (unpaired) electrons. The second-order valence-corrected chi connectivity index (χ2v) is 6.31. The summed E-state index contributed by atoms with van der Waals surface area (Å²) in [6.07, 6.45) is 0. The van der Waals surface area contributed by atoms with Crippen LogP contribution >= 0.6 is 22.6 Å². The van der Waals surface area contributed by atoms with Gasteiger partial charge in [0.15, 0.2) is 0 Å². The topological polar surface area (TPSA) is 64.0 Å². The molecule has 0 spiro atoms. The Kier molecular flexibility index (Phi) is 5.26. The highest BCUT2D eigenvalue weighted by Crippen LogP contribution is 2.34. The maximum absolute atomic E-state index is 8.78. The Hall–Kier alpha value is -0.820. The summed E-state index contributed by atoms with van der Waals surface area (Å²) in [6.45, 7) is 11.4. The molecule has 0 aromatic heterocycles. The predicted octanol–water partition coefficient (Wildman–Crippen LogP) is 3.56. The van der Waals surface area contributed by atoms with Crippen LogP contribution in [0.1, 0.15) is 22.3 Å². The Labute approximate surface area is 133 Å². The SMILES string of the molecule is Cc1c(I)c(C)c(N=[N+]=[N-])c(C)c1CN1CCNCC1. The number of nitrogens with zero attached hydrogens (tertiary/aromatic N) is 4. The summed E-state index contributed by atoms with van der Waals surface area (Å²) in [5.74, 6) is 0. The lowest BCUT2D eigenvalue weighted by Crippen LogP contribution is -2.43. The molecule has 0 saturated carbocycles. The highest BCUT2D eigenvalue weighted by Gasteiger charge is 2.18. The van der Waals surface area contributed by atoms with Gasteiger partial charge in [0.1, 0.15) is 0 Å². The highest BCUT2D eigenvalue weighted by atomic mass is 127. The number of piperazine rings is 1. The quantitative estimate of drug-likeness (QED) is 0.374. The molecule has 1 aromatic carbocycles. The Morgan fingerprint density at radius 2 is 1.85 bits per heavy atom. The van der Waals surface area contributed by atoms with Crippen LogP contribution in [0.15, 0.2) is 5.11 Å². The first kappa shape index (κ1) is 15.6. The molecule has 1 aliphatic rings. The summed E-state index contributed by atoms with van der Waals surface area (Å²) in [7, 11) is 0. The first-order valence-corrected chi connectivity index (χ1v) is 7.90. The fraction of sp³-hybridized carbons (Fsp3) is 0.571. The van der Waals surface area contributed by atoms with Crippen molar-refractivity contribution in [3.8, 4) is 0 Å². The number of hydrogen-bond donors (Lipinski definition) is 1. The molecule has 1 fully saturated rings. The number of nitrogens with one attached hydrogen (secondary N) is 1. The molecule has 1 N–H and O–H groups in total. The third kappa shape index (κ3) is 3.09. The Bertz CT molecular complexity index is 557. The fourth-order valence-corrected chi connectivity index (χ4v) is 3.33. The standard InChI is InChI=1S/C14H20IN5/c1-9-12(8-20-6-4-17-5-7-20)10(2)14(18-19-16)11(3)13(9)15/h17H,4-8H2,1-3H3. The maximum atomic E-state index is 8.78. The van der Waals surface area contributed by atoms with Crippen LogP contribution in [-0.2, 0) is 6.54 Å². The highest BCUT2D eigenvalue weighted by molar-refractivity contribution is 14.1. The van der Waals surface area contributed by atoms with Crippen LogP contribution in [0.4, 0.5) is 5.69 Å². The summed E-state index contributed by atoms with van der Waals surface area (Å²) in [5.41, 5.74) is 14.4. The van der Waals surface area contributed by atoms with Crippen molar-refractivity contribution >= 4 is 28.3 Å². The van der Waals surface area contributed by atoms with E-state index in [-0.39, 0.29) is 0 Å². The molecule has 0 amide bonds. The van der Waals surface area contributed by atoms with E-state index in [2.05, 4.69) is 56.7 Å². The van der Waals surface area contributed by atoms with E-state index in [1.807, 2.05) is 6.92 Å². The second kappa shape index (κ2) is 6.76. The van der Waals surface area contributed by atoms with Crippen molar-refractivity contribution in [2.24, 2.45) is 5.11 Å². The van der Waals surface area contributed by atoms with E-state index in [0.29, 0.717) is 0 Å². The van der Waals surface area contributed by atoms with Gasteiger partial charge in [-0.3, -0.25) is 4.90 Å². The first-order valence-electron chi connectivity index (χ1n) is 6.82. The van der Waals surface area contributed by atoms with Crippen LogP contribution in [-0.4, -0.2) is 31.1 Å². The van der Waals surface area contributed by atoms with E-state index < -0.39 is 0 Å². The Morgan fingerprint density at radius 1 is 1.20 bits per heavy atom. The zero-order valence-corrected chi connectivity index (χ0v) is 14.4. The minimum Gasteiger partial charge on any atom is -0.314 e. The van der Waals surface area contributed by atoms with E-state index in [0.717, 1.165) is 49.5 Å². The van der Waals surface area contributed by atoms with E-state index in [9.17, 15) is 0 Å². The lowest BCUT2D eigenvalue weighted by molar-refractivity contribution is 0.232. The van der Waals surface area contributed by atoms with E-state index in [1.54, 1.807) is 0 Å². The third-order valence-corrected chi connectivity index (χ3v) is 5.63. The Morgan fingerprint density at radius 3 is 2.45 bits per heavy atom. The molecule has 0 bridgehead atoms. The van der Waals surface area contributed by atoms with Crippen molar-refractivity contribution in [1.29, 1.82) is 0 Å². The lowest BCUT2D eigenvalue weighted by atomic mass is 9.97. The van der Waals surface area contributed by atoms with Gasteiger partial charge in [-0.25, -0.2) is 0 Å². The molecule has 1 heterocycles. The van der Waals surface area contributed by atoms with Crippen molar-refractivity contribution < 1.29 is 0 Å². The van der Waals surface area contributed by atoms with Gasteiger partial charge in [0.05, 0.1) is 0 Å². The molecule has 1 saturated heterocycles. The van der Waals surface area contributed by atoms with E-state index in [4.69, 9.17) is 5.53 Å². The number of benzene rings is 1. The van der Waals surface area contributed by atoms with Crippen molar-refractivity contribution in [1.82, 2.24) is 10.2 Å². The fourth-order valence-electron chi connectivity index (χ4n) is 2.75. The molecule has 2 rings (SSSR count). The summed E-state index contributed by atoms with van der Waals surface area (Å²) in [6, 6.07) is 0. The van der Waals surface area contributed by atoms with Gasteiger partial charge in [0, 0.05) is 46.9 Å². The van der Waals surface area contributed by atoms with Gasteiger partial charge in [0.25, 0.3) is 0 Å². The summed E-state index contributed by atoms with van der Waals surface area (Å²) >= 11 is 2.36. The zero-order valence-electron chi connectivity index (χ0n) is 12.2. The van der Waals surface area contributed by atoms with Gasteiger partial charge in [-0.05, 0) is 71.1 Å². The zero-order chi connectivity index (χ0) is 14.7. The molecular weight excluding hydrogens is 365 g/mol. The normalized spacial score (nSPS) is 16.0. The van der Waals surface area contributed by atoms with Gasteiger partial charge in [0.2, 0.25) is 0 Å². The van der Waals surface area contributed by atoms with E-state index >= 15 is 0 Å². The van der Waals surface area contributed by atoms with Crippen LogP contribution in [0.5, 0.6) is 0 Å². The number of hydrogen-bond acceptors (Lipinski definition) is 3. The smallest absolute Gasteiger partial charge is 0.0447 e. The number of halogens is 1. The monoisotopic (exact) mass is 385 g/mol. The van der Waals surface area contributed by atoms with Crippen molar-refractivity contribution in [3.05, 3.63) is 36.3 Å². The average Bonchev–Trinajstić information content (AvgIpc) is 2.47. The van der Waals surface area contributed by atoms with Crippen molar-refractivity contribution in [2.45, 2.75) is 27.3 Å². The summed E-state index contributed by atoms with van der Waals surface area (Å²) < 4.78 is 1.21. The van der Waals surface area contributed by atoms with Gasteiger partial charge in [-0.1, -0.05) is 5.11 Å². The molecule has 6 heteroatoms. The average molecular weight is 385 g/mol. The number of rotatable bonds is 3.